The molecule has 2 fully saturated rings. The molecule has 1 saturated carbocycles. The van der Waals surface area contributed by atoms with Crippen LogP contribution in [-0.2, 0) is 20.8 Å². The van der Waals surface area contributed by atoms with Crippen LogP contribution in [0.5, 0.6) is 5.88 Å². The Morgan fingerprint density at radius 1 is 1.38 bits per heavy atom. The quantitative estimate of drug-likeness (QED) is 0.764. The molecule has 0 unspecified atom stereocenters. The largest absolute Gasteiger partial charge is 0.493 e. The number of aromatic nitrogens is 1. The zero-order valence-corrected chi connectivity index (χ0v) is 15.0. The Hall–Kier alpha value is -1.38. The molecule has 6 nitrogen and oxygen atoms in total. The fourth-order valence-corrected chi connectivity index (χ4v) is 4.46. The Kier molecular flexibility index (Phi) is 5.27. The van der Waals surface area contributed by atoms with E-state index in [4.69, 9.17) is 26.8 Å². The van der Waals surface area contributed by atoms with Gasteiger partial charge in [-0.05, 0) is 31.5 Å². The molecule has 0 amide bonds. The summed E-state index contributed by atoms with van der Waals surface area (Å²) < 4.78 is 14.0. The van der Waals surface area contributed by atoms with Crippen LogP contribution in [-0.4, -0.2) is 33.1 Å². The van der Waals surface area contributed by atoms with Crippen LogP contribution >= 0.6 is 23.6 Å². The molecular formula is C16H21NO5S2. The third-order valence-corrected chi connectivity index (χ3v) is 5.75. The highest BCUT2D eigenvalue weighted by Gasteiger charge is 2.40. The van der Waals surface area contributed by atoms with Crippen molar-refractivity contribution in [2.24, 2.45) is 0 Å². The van der Waals surface area contributed by atoms with Crippen molar-refractivity contribution in [2.75, 3.05) is 6.61 Å². The summed E-state index contributed by atoms with van der Waals surface area (Å²) >= 11 is 6.56. The lowest BCUT2D eigenvalue weighted by atomic mass is 9.94. The van der Waals surface area contributed by atoms with E-state index in [1.54, 1.807) is 10.6 Å². The predicted octanol–water partition coefficient (Wildman–Crippen LogP) is 3.90. The van der Waals surface area contributed by atoms with Crippen LogP contribution in [0.4, 0.5) is 0 Å². The van der Waals surface area contributed by atoms with Gasteiger partial charge in [0.2, 0.25) is 11.7 Å². The number of aromatic hydroxyl groups is 1. The summed E-state index contributed by atoms with van der Waals surface area (Å²) in [4.78, 5) is 11.2. The van der Waals surface area contributed by atoms with Crippen molar-refractivity contribution in [1.82, 2.24) is 4.57 Å². The molecule has 1 spiro atoms. The van der Waals surface area contributed by atoms with Gasteiger partial charge in [0.1, 0.15) is 12.4 Å². The minimum atomic E-state index is -0.854. The van der Waals surface area contributed by atoms with Crippen molar-refractivity contribution in [1.29, 1.82) is 0 Å². The average molecular weight is 371 g/mol. The first-order valence-corrected chi connectivity index (χ1v) is 9.39. The molecule has 8 heteroatoms. The summed E-state index contributed by atoms with van der Waals surface area (Å²) in [5, 5.41) is 19.1. The summed E-state index contributed by atoms with van der Waals surface area (Å²) in [5.74, 6) is -0.560. The molecule has 2 heterocycles. The first kappa shape index (κ1) is 17.4. The Morgan fingerprint density at radius 3 is 2.83 bits per heavy atom. The summed E-state index contributed by atoms with van der Waals surface area (Å²) in [7, 11) is 0. The number of thiazole rings is 1. The zero-order valence-electron chi connectivity index (χ0n) is 13.3. The minimum absolute atomic E-state index is 0.0486. The highest BCUT2D eigenvalue weighted by atomic mass is 32.1. The smallest absolute Gasteiger partial charge is 0.303 e. The van der Waals surface area contributed by atoms with Gasteiger partial charge in [0, 0.05) is 31.9 Å². The molecule has 0 aromatic carbocycles. The fraction of sp³-hybridized carbons (Fsp3) is 0.625. The number of hydrogen-bond donors (Lipinski definition) is 2. The second-order valence-electron chi connectivity index (χ2n) is 6.18. The number of rotatable bonds is 5. The lowest BCUT2D eigenvalue weighted by Crippen LogP contribution is -2.32. The topological polar surface area (TPSA) is 80.9 Å². The number of ether oxygens (including phenoxy) is 2. The molecule has 1 aliphatic heterocycles. The number of hydrogen-bond acceptors (Lipinski definition) is 6. The Morgan fingerprint density at radius 2 is 2.12 bits per heavy atom. The monoisotopic (exact) mass is 371 g/mol. The predicted molar refractivity (Wildman–Crippen MR) is 92.5 cm³/mol. The van der Waals surface area contributed by atoms with Crippen molar-refractivity contribution >= 4 is 35.6 Å². The molecule has 132 valence electrons. The third-order valence-electron chi connectivity index (χ3n) is 4.37. The van der Waals surface area contributed by atoms with Gasteiger partial charge in [-0.2, -0.15) is 0 Å². The van der Waals surface area contributed by atoms with Crippen molar-refractivity contribution in [3.63, 3.8) is 0 Å². The van der Waals surface area contributed by atoms with Crippen LogP contribution in [0.2, 0.25) is 0 Å². The van der Waals surface area contributed by atoms with E-state index in [9.17, 15) is 9.90 Å². The Labute approximate surface area is 149 Å². The van der Waals surface area contributed by atoms with E-state index < -0.39 is 11.8 Å². The summed E-state index contributed by atoms with van der Waals surface area (Å²) in [5.41, 5.74) is 0. The van der Waals surface area contributed by atoms with Gasteiger partial charge in [-0.15, -0.1) is 11.3 Å². The van der Waals surface area contributed by atoms with Gasteiger partial charge < -0.3 is 19.7 Å². The molecule has 0 atom stereocenters. The molecule has 1 aromatic rings. The van der Waals surface area contributed by atoms with E-state index in [1.807, 2.05) is 0 Å². The number of aliphatic carboxylic acids is 1. The molecule has 0 radical (unpaired) electrons. The van der Waals surface area contributed by atoms with Gasteiger partial charge in [-0.25, -0.2) is 0 Å². The maximum absolute atomic E-state index is 10.6. The average Bonchev–Trinajstić information content (AvgIpc) is 3.04. The Bertz CT molecular complexity index is 700. The van der Waals surface area contributed by atoms with Crippen LogP contribution in [0.1, 0.15) is 49.8 Å². The Balaban J connectivity index is 1.71. The molecule has 2 aliphatic rings. The van der Waals surface area contributed by atoms with Crippen LogP contribution in [0.3, 0.4) is 0 Å². The number of carboxylic acids is 1. The molecule has 0 bridgehead atoms. The van der Waals surface area contributed by atoms with E-state index in [0.717, 1.165) is 25.7 Å². The van der Waals surface area contributed by atoms with Crippen molar-refractivity contribution in [2.45, 2.75) is 57.3 Å². The van der Waals surface area contributed by atoms with Gasteiger partial charge >= 0.3 is 5.97 Å². The standard InChI is InChI=1S/C16H21NO5S2/c18-13(19)5-4-8-17-14(20)12(24-15(17)23)9-11-10-21-16(22-11)6-2-1-3-7-16/h9,20H,1-8,10H2,(H,18,19). The van der Waals surface area contributed by atoms with E-state index in [0.29, 0.717) is 34.2 Å². The van der Waals surface area contributed by atoms with E-state index in [-0.39, 0.29) is 12.3 Å². The first-order valence-electron chi connectivity index (χ1n) is 8.17. The van der Waals surface area contributed by atoms with Crippen LogP contribution in [0.15, 0.2) is 5.76 Å². The second-order valence-corrected chi connectivity index (χ2v) is 7.85. The fourth-order valence-electron chi connectivity index (χ4n) is 3.15. The van der Waals surface area contributed by atoms with E-state index >= 15 is 0 Å². The van der Waals surface area contributed by atoms with Crippen LogP contribution < -0.4 is 0 Å². The normalized spacial score (nSPS) is 21.2. The summed E-state index contributed by atoms with van der Waals surface area (Å²) in [6.07, 6.45) is 7.50. The highest BCUT2D eigenvalue weighted by molar-refractivity contribution is 7.73. The van der Waals surface area contributed by atoms with Crippen molar-refractivity contribution < 1.29 is 24.5 Å². The van der Waals surface area contributed by atoms with Gasteiger partial charge in [-0.3, -0.25) is 9.36 Å². The summed E-state index contributed by atoms with van der Waals surface area (Å²) in [6, 6.07) is 0. The SMILES string of the molecule is O=C(O)CCCn1c(O)c(C=C2COC3(CCCCC3)O2)sc1=S. The molecule has 1 aliphatic carbocycles. The lowest BCUT2D eigenvalue weighted by Gasteiger charge is -2.30. The van der Waals surface area contributed by atoms with Gasteiger partial charge in [0.15, 0.2) is 3.95 Å². The number of carbonyl (C=O) groups is 1. The van der Waals surface area contributed by atoms with E-state index in [1.165, 1.54) is 17.8 Å². The zero-order chi connectivity index (χ0) is 17.2. The third kappa shape index (κ3) is 3.81. The minimum Gasteiger partial charge on any atom is -0.493 e. The highest BCUT2D eigenvalue weighted by Crippen LogP contribution is 2.40. The van der Waals surface area contributed by atoms with Crippen LogP contribution in [0.25, 0.3) is 6.08 Å². The first-order chi connectivity index (χ1) is 11.5. The van der Waals surface area contributed by atoms with Gasteiger partial charge in [-0.1, -0.05) is 6.42 Å². The molecule has 1 saturated heterocycles. The van der Waals surface area contributed by atoms with Crippen LogP contribution in [0, 0.1) is 3.95 Å². The van der Waals surface area contributed by atoms with E-state index in [2.05, 4.69) is 0 Å². The lowest BCUT2D eigenvalue weighted by molar-refractivity contribution is -0.168. The van der Waals surface area contributed by atoms with Gasteiger partial charge in [0.05, 0.1) is 4.88 Å². The molecule has 2 N–H and O–H groups in total. The second kappa shape index (κ2) is 7.25. The number of carboxylic acid groups (broad SMARTS) is 1. The maximum Gasteiger partial charge on any atom is 0.303 e. The number of nitrogens with zero attached hydrogens (tertiary/aromatic N) is 1. The molecule has 3 rings (SSSR count). The molecule has 1 aromatic heterocycles. The summed E-state index contributed by atoms with van der Waals surface area (Å²) in [6.45, 7) is 0.793. The molecular weight excluding hydrogens is 350 g/mol. The maximum atomic E-state index is 10.6. The van der Waals surface area contributed by atoms with Gasteiger partial charge in [0.25, 0.3) is 0 Å². The van der Waals surface area contributed by atoms with Crippen molar-refractivity contribution in [3.05, 3.63) is 14.6 Å². The molecule has 24 heavy (non-hydrogen) atoms. The van der Waals surface area contributed by atoms with Crippen molar-refractivity contribution in [3.8, 4) is 5.88 Å².